The molecule has 0 atom stereocenters. The highest BCUT2D eigenvalue weighted by Gasteiger charge is 2.25. The topological polar surface area (TPSA) is 104 Å². The first-order valence-corrected chi connectivity index (χ1v) is 10.8. The van der Waals surface area contributed by atoms with Crippen LogP contribution in [0.5, 0.6) is 0 Å². The van der Waals surface area contributed by atoms with Crippen molar-refractivity contribution in [2.24, 2.45) is 0 Å². The summed E-state index contributed by atoms with van der Waals surface area (Å²) in [5.74, 6) is -1.29. The van der Waals surface area contributed by atoms with Gasteiger partial charge in [-0.2, -0.15) is 0 Å². The van der Waals surface area contributed by atoms with Gasteiger partial charge in [0.2, 0.25) is 0 Å². The van der Waals surface area contributed by atoms with Crippen LogP contribution in [0, 0.1) is 0 Å². The lowest BCUT2D eigenvalue weighted by Gasteiger charge is -2.35. The molecule has 1 aliphatic rings. The van der Waals surface area contributed by atoms with E-state index in [1.54, 1.807) is 18.2 Å². The second-order valence-corrected chi connectivity index (χ2v) is 8.84. The van der Waals surface area contributed by atoms with Crippen molar-refractivity contribution in [3.63, 3.8) is 0 Å². The first kappa shape index (κ1) is 19.9. The van der Waals surface area contributed by atoms with Crippen LogP contribution in [0.25, 0.3) is 0 Å². The van der Waals surface area contributed by atoms with Crippen LogP contribution in [0.15, 0.2) is 53.4 Å². The van der Waals surface area contributed by atoms with Gasteiger partial charge in [0, 0.05) is 31.0 Å². The molecule has 28 heavy (non-hydrogen) atoms. The van der Waals surface area contributed by atoms with Gasteiger partial charge in [-0.25, -0.2) is 13.2 Å². The van der Waals surface area contributed by atoms with Gasteiger partial charge in [0.05, 0.1) is 16.1 Å². The Morgan fingerprint density at radius 3 is 2.25 bits per heavy atom. The number of benzene rings is 2. The summed E-state index contributed by atoms with van der Waals surface area (Å²) in [7, 11) is -3.58. The van der Waals surface area contributed by atoms with Crippen LogP contribution in [0.3, 0.4) is 0 Å². The molecular formula is C20H22N2O5S. The second-order valence-electron chi connectivity index (χ2n) is 6.86. The molecule has 1 heterocycles. The number of hydrogen-bond acceptors (Lipinski definition) is 5. The van der Waals surface area contributed by atoms with E-state index in [9.17, 15) is 18.0 Å². The average Bonchev–Trinajstić information content (AvgIpc) is 2.68. The molecule has 2 N–H and O–H groups in total. The number of carbonyl (C=O) groups is 2. The number of piperidine rings is 1. The molecule has 7 nitrogen and oxygen atoms in total. The molecule has 0 aromatic heterocycles. The fourth-order valence-electron chi connectivity index (χ4n) is 3.33. The zero-order valence-electron chi connectivity index (χ0n) is 15.5. The van der Waals surface area contributed by atoms with Crippen LogP contribution in [0.2, 0.25) is 0 Å². The Hall–Kier alpha value is -2.87. The van der Waals surface area contributed by atoms with Gasteiger partial charge in [-0.05, 0) is 43.2 Å². The minimum atomic E-state index is -3.58. The molecule has 0 radical (unpaired) electrons. The van der Waals surface area contributed by atoms with Crippen molar-refractivity contribution in [2.45, 2.75) is 23.8 Å². The van der Waals surface area contributed by atoms with Crippen LogP contribution in [0.1, 0.15) is 33.6 Å². The van der Waals surface area contributed by atoms with E-state index in [4.69, 9.17) is 5.11 Å². The highest BCUT2D eigenvalue weighted by Crippen LogP contribution is 2.29. The maximum Gasteiger partial charge on any atom is 0.335 e. The van der Waals surface area contributed by atoms with Crippen LogP contribution < -0.4 is 10.2 Å². The molecule has 1 fully saturated rings. The van der Waals surface area contributed by atoms with E-state index >= 15 is 0 Å². The Bertz CT molecular complexity index is 981. The third-order valence-corrected chi connectivity index (χ3v) is 5.94. The largest absolute Gasteiger partial charge is 0.478 e. The molecule has 0 saturated carbocycles. The zero-order valence-corrected chi connectivity index (χ0v) is 16.3. The number of carbonyl (C=O) groups excluding carboxylic acids is 1. The van der Waals surface area contributed by atoms with E-state index in [2.05, 4.69) is 5.32 Å². The van der Waals surface area contributed by atoms with Crippen LogP contribution in [-0.2, 0) is 9.84 Å². The number of carboxylic acid groups (broad SMARTS) is 1. The second kappa shape index (κ2) is 8.02. The average molecular weight is 402 g/mol. The van der Waals surface area contributed by atoms with Crippen molar-refractivity contribution < 1.29 is 23.1 Å². The first-order chi connectivity index (χ1) is 13.3. The maximum atomic E-state index is 12.3. The van der Waals surface area contributed by atoms with Crippen molar-refractivity contribution >= 4 is 27.4 Å². The number of anilines is 1. The summed E-state index contributed by atoms with van der Waals surface area (Å²) >= 11 is 0. The van der Waals surface area contributed by atoms with Gasteiger partial charge in [-0.15, -0.1) is 0 Å². The normalized spacial score (nSPS) is 15.2. The summed E-state index contributed by atoms with van der Waals surface area (Å²) in [5, 5.41) is 12.2. The first-order valence-electron chi connectivity index (χ1n) is 8.94. The Balaban J connectivity index is 1.71. The number of hydrogen-bond donors (Lipinski definition) is 2. The summed E-state index contributed by atoms with van der Waals surface area (Å²) in [6, 6.07) is 13.2. The van der Waals surface area contributed by atoms with Crippen molar-refractivity contribution in [3.8, 4) is 0 Å². The summed E-state index contributed by atoms with van der Waals surface area (Å²) in [4.78, 5) is 25.4. The summed E-state index contributed by atoms with van der Waals surface area (Å²) < 4.78 is 24.3. The lowest BCUT2D eigenvalue weighted by Crippen LogP contribution is -2.45. The number of rotatable bonds is 5. The Morgan fingerprint density at radius 1 is 1.04 bits per heavy atom. The highest BCUT2D eigenvalue weighted by molar-refractivity contribution is 7.90. The smallest absolute Gasteiger partial charge is 0.335 e. The van der Waals surface area contributed by atoms with Gasteiger partial charge in [-0.3, -0.25) is 4.79 Å². The summed E-state index contributed by atoms with van der Waals surface area (Å²) in [5.41, 5.74) is 1.04. The third kappa shape index (κ3) is 4.51. The molecular weight excluding hydrogens is 380 g/mol. The maximum absolute atomic E-state index is 12.3. The Kier molecular flexibility index (Phi) is 5.69. The fourth-order valence-corrected chi connectivity index (χ4v) is 4.25. The van der Waals surface area contributed by atoms with Crippen LogP contribution in [0.4, 0.5) is 5.69 Å². The number of sulfone groups is 1. The predicted octanol–water partition coefficient (Wildman–Crippen LogP) is 2.19. The van der Waals surface area contributed by atoms with E-state index in [-0.39, 0.29) is 22.4 Å². The van der Waals surface area contributed by atoms with Gasteiger partial charge < -0.3 is 15.3 Å². The quantitative estimate of drug-likeness (QED) is 0.795. The van der Waals surface area contributed by atoms with Crippen molar-refractivity contribution in [2.75, 3.05) is 24.2 Å². The lowest BCUT2D eigenvalue weighted by molar-refractivity contribution is 0.0696. The number of carboxylic acids is 1. The molecule has 2 aromatic rings. The summed E-state index contributed by atoms with van der Waals surface area (Å²) in [6.07, 6.45) is 2.41. The fraction of sp³-hybridized carbons (Fsp3) is 0.300. The van der Waals surface area contributed by atoms with Crippen LogP contribution in [-0.4, -0.2) is 50.8 Å². The molecule has 3 rings (SSSR count). The number of nitrogens with zero attached hydrogens (tertiary/aromatic N) is 1. The lowest BCUT2D eigenvalue weighted by atomic mass is 10.0. The van der Waals surface area contributed by atoms with Crippen molar-refractivity contribution in [3.05, 3.63) is 59.7 Å². The number of aromatic carboxylic acids is 1. The van der Waals surface area contributed by atoms with Gasteiger partial charge in [0.25, 0.3) is 5.91 Å². The van der Waals surface area contributed by atoms with E-state index in [1.165, 1.54) is 12.1 Å². The minimum Gasteiger partial charge on any atom is -0.478 e. The van der Waals surface area contributed by atoms with Gasteiger partial charge in [0.15, 0.2) is 9.84 Å². The van der Waals surface area contributed by atoms with E-state index in [1.807, 2.05) is 23.1 Å². The molecule has 1 saturated heterocycles. The molecule has 0 aliphatic carbocycles. The van der Waals surface area contributed by atoms with Crippen molar-refractivity contribution in [1.29, 1.82) is 0 Å². The van der Waals surface area contributed by atoms with Crippen molar-refractivity contribution in [1.82, 2.24) is 5.32 Å². The standard InChI is InChI=1S/C20H22N2O5S/c1-28(26,27)18-13-15(20(24)25)7-8-17(18)22-11-9-16(10-12-22)21-19(23)14-5-3-2-4-6-14/h2-8,13,16H,9-12H2,1H3,(H,21,23)(H,24,25). The monoisotopic (exact) mass is 402 g/mol. The Morgan fingerprint density at radius 2 is 1.68 bits per heavy atom. The SMILES string of the molecule is CS(=O)(=O)c1cc(C(=O)O)ccc1N1CCC(NC(=O)c2ccccc2)CC1. The summed E-state index contributed by atoms with van der Waals surface area (Å²) in [6.45, 7) is 1.13. The number of nitrogens with one attached hydrogen (secondary N) is 1. The molecule has 0 unspecified atom stereocenters. The third-order valence-electron chi connectivity index (χ3n) is 4.81. The van der Waals surface area contributed by atoms with Gasteiger partial charge in [0.1, 0.15) is 0 Å². The van der Waals surface area contributed by atoms with E-state index in [0.29, 0.717) is 37.2 Å². The molecule has 1 aliphatic heterocycles. The van der Waals surface area contributed by atoms with Gasteiger partial charge >= 0.3 is 5.97 Å². The zero-order chi connectivity index (χ0) is 20.3. The molecule has 2 aromatic carbocycles. The minimum absolute atomic E-state index is 0.00364. The van der Waals surface area contributed by atoms with E-state index < -0.39 is 15.8 Å². The highest BCUT2D eigenvalue weighted by atomic mass is 32.2. The molecule has 0 bridgehead atoms. The van der Waals surface area contributed by atoms with Crippen LogP contribution >= 0.6 is 0 Å². The molecule has 0 spiro atoms. The molecule has 148 valence electrons. The Labute approximate surface area is 163 Å². The molecule has 1 amide bonds. The van der Waals surface area contributed by atoms with Gasteiger partial charge in [-0.1, -0.05) is 18.2 Å². The molecule has 8 heteroatoms. The number of amides is 1. The van der Waals surface area contributed by atoms with E-state index in [0.717, 1.165) is 6.26 Å². The predicted molar refractivity (Wildman–Crippen MR) is 106 cm³/mol.